The number of nitrogens with zero attached hydrogens (tertiary/aromatic N) is 6. The molecule has 180 valence electrons. The molecule has 0 radical (unpaired) electrons. The summed E-state index contributed by atoms with van der Waals surface area (Å²) in [6.45, 7) is 10.4. The summed E-state index contributed by atoms with van der Waals surface area (Å²) in [6, 6.07) is 6.63. The average molecular weight is 466 g/mol. The lowest BCUT2D eigenvalue weighted by Crippen LogP contribution is -2.49. The zero-order chi connectivity index (χ0) is 23.1. The van der Waals surface area contributed by atoms with E-state index in [1.165, 1.54) is 0 Å². The highest BCUT2D eigenvalue weighted by Gasteiger charge is 2.29. The van der Waals surface area contributed by atoms with Crippen molar-refractivity contribution in [2.24, 2.45) is 0 Å². The number of anilines is 3. The van der Waals surface area contributed by atoms with Gasteiger partial charge in [0.2, 0.25) is 12.7 Å². The maximum atomic E-state index is 5.53. The largest absolute Gasteiger partial charge is 0.454 e. The Kier molecular flexibility index (Phi) is 5.62. The highest BCUT2D eigenvalue weighted by molar-refractivity contribution is 5.87. The van der Waals surface area contributed by atoms with Crippen molar-refractivity contribution >= 4 is 28.6 Å². The molecule has 2 saturated heterocycles. The Morgan fingerprint density at radius 2 is 1.79 bits per heavy atom. The number of nitrogens with one attached hydrogen (secondary N) is 1. The summed E-state index contributed by atoms with van der Waals surface area (Å²) in [5, 5.41) is 3.41. The van der Waals surface area contributed by atoms with Crippen LogP contribution in [0.4, 0.5) is 17.5 Å². The SMILES string of the molecule is CC(C)n1c(N2CCC(N3CCOCC3)CC2)nc2c(Nc3ccc4c(c3)OCO4)ncnc21. The fraction of sp³-hybridized carbons (Fsp3) is 0.542. The minimum atomic E-state index is 0.227. The minimum Gasteiger partial charge on any atom is -0.454 e. The molecular formula is C24H31N7O3. The molecule has 0 bridgehead atoms. The van der Waals surface area contributed by atoms with Crippen molar-refractivity contribution in [3.05, 3.63) is 24.5 Å². The van der Waals surface area contributed by atoms with Crippen molar-refractivity contribution < 1.29 is 14.2 Å². The van der Waals surface area contributed by atoms with Crippen molar-refractivity contribution in [2.45, 2.75) is 38.8 Å². The van der Waals surface area contributed by atoms with Crippen molar-refractivity contribution in [3.63, 3.8) is 0 Å². The summed E-state index contributed by atoms with van der Waals surface area (Å²) in [5.74, 6) is 3.14. The minimum absolute atomic E-state index is 0.227. The Morgan fingerprint density at radius 3 is 2.59 bits per heavy atom. The Labute approximate surface area is 198 Å². The van der Waals surface area contributed by atoms with Crippen LogP contribution >= 0.6 is 0 Å². The zero-order valence-electron chi connectivity index (χ0n) is 19.7. The lowest BCUT2D eigenvalue weighted by Gasteiger charge is -2.40. The molecule has 5 heterocycles. The lowest BCUT2D eigenvalue weighted by molar-refractivity contribution is 0.0114. The van der Waals surface area contributed by atoms with E-state index in [4.69, 9.17) is 19.2 Å². The number of hydrogen-bond donors (Lipinski definition) is 1. The maximum Gasteiger partial charge on any atom is 0.231 e. The molecule has 10 heteroatoms. The number of imidazole rings is 1. The van der Waals surface area contributed by atoms with Gasteiger partial charge in [0, 0.05) is 50.0 Å². The molecule has 6 rings (SSSR count). The molecule has 3 aliphatic heterocycles. The molecule has 2 fully saturated rings. The summed E-state index contributed by atoms with van der Waals surface area (Å²) in [4.78, 5) is 19.2. The van der Waals surface area contributed by atoms with Gasteiger partial charge in [-0.2, -0.15) is 0 Å². The van der Waals surface area contributed by atoms with Crippen molar-refractivity contribution in [1.82, 2.24) is 24.4 Å². The smallest absolute Gasteiger partial charge is 0.231 e. The molecule has 3 aromatic rings. The van der Waals surface area contributed by atoms with Gasteiger partial charge in [0.05, 0.1) is 13.2 Å². The van der Waals surface area contributed by atoms with Crippen LogP contribution in [0.15, 0.2) is 24.5 Å². The Bertz CT molecular complexity index is 1170. The van der Waals surface area contributed by atoms with Crippen molar-refractivity contribution in [2.75, 3.05) is 56.4 Å². The van der Waals surface area contributed by atoms with E-state index < -0.39 is 0 Å². The molecule has 0 amide bonds. The van der Waals surface area contributed by atoms with Crippen molar-refractivity contribution in [1.29, 1.82) is 0 Å². The molecule has 0 aliphatic carbocycles. The van der Waals surface area contributed by atoms with E-state index in [1.54, 1.807) is 6.33 Å². The highest BCUT2D eigenvalue weighted by atomic mass is 16.7. The van der Waals surface area contributed by atoms with Gasteiger partial charge in [-0.1, -0.05) is 0 Å². The molecule has 3 aliphatic rings. The number of hydrogen-bond acceptors (Lipinski definition) is 9. The second-order valence-corrected chi connectivity index (χ2v) is 9.33. The molecule has 0 atom stereocenters. The third-order valence-electron chi connectivity index (χ3n) is 6.92. The molecule has 0 unspecified atom stereocenters. The number of ether oxygens (including phenoxy) is 3. The van der Waals surface area contributed by atoms with Gasteiger partial charge in [-0.3, -0.25) is 9.47 Å². The molecule has 10 nitrogen and oxygen atoms in total. The predicted octanol–water partition coefficient (Wildman–Crippen LogP) is 3.18. The highest BCUT2D eigenvalue weighted by Crippen LogP contribution is 2.36. The number of rotatable bonds is 5. The Hall–Kier alpha value is -3.11. The number of benzene rings is 1. The van der Waals surface area contributed by atoms with Crippen LogP contribution < -0.4 is 19.7 Å². The lowest BCUT2D eigenvalue weighted by atomic mass is 10.0. The van der Waals surface area contributed by atoms with Crippen LogP contribution in [-0.4, -0.2) is 76.6 Å². The van der Waals surface area contributed by atoms with Crippen LogP contribution in [-0.2, 0) is 4.74 Å². The van der Waals surface area contributed by atoms with Crippen LogP contribution in [0, 0.1) is 0 Å². The first-order chi connectivity index (χ1) is 16.7. The summed E-state index contributed by atoms with van der Waals surface area (Å²) >= 11 is 0. The van der Waals surface area contributed by atoms with Crippen LogP contribution in [0.1, 0.15) is 32.7 Å². The van der Waals surface area contributed by atoms with E-state index in [9.17, 15) is 0 Å². The molecule has 0 saturated carbocycles. The first kappa shape index (κ1) is 21.4. The maximum absolute atomic E-state index is 5.53. The number of piperidine rings is 1. The number of aromatic nitrogens is 4. The standard InChI is InChI=1S/C24H31N7O3/c1-16(2)31-23-21(22(25-14-26-23)27-17-3-4-19-20(13-17)34-15-33-19)28-24(31)30-7-5-18(6-8-30)29-9-11-32-12-10-29/h3-4,13-14,16,18H,5-12,15H2,1-2H3,(H,25,26,27). The van der Waals surface area contributed by atoms with E-state index in [0.717, 1.165) is 86.5 Å². The summed E-state index contributed by atoms with van der Waals surface area (Å²) in [5.41, 5.74) is 2.49. The fourth-order valence-electron chi connectivity index (χ4n) is 5.17. The molecule has 1 N–H and O–H groups in total. The fourth-order valence-corrected chi connectivity index (χ4v) is 5.17. The summed E-state index contributed by atoms with van der Waals surface area (Å²) in [6.07, 6.45) is 3.87. The van der Waals surface area contributed by atoms with Gasteiger partial charge in [-0.15, -0.1) is 0 Å². The second-order valence-electron chi connectivity index (χ2n) is 9.33. The van der Waals surface area contributed by atoms with Gasteiger partial charge < -0.3 is 24.4 Å². The van der Waals surface area contributed by atoms with Crippen LogP contribution in [0.5, 0.6) is 11.5 Å². The Morgan fingerprint density at radius 1 is 1.00 bits per heavy atom. The Balaban J connectivity index is 1.27. The van der Waals surface area contributed by atoms with Gasteiger partial charge >= 0.3 is 0 Å². The quantitative estimate of drug-likeness (QED) is 0.610. The number of fused-ring (bicyclic) bond motifs is 2. The van der Waals surface area contributed by atoms with E-state index in [-0.39, 0.29) is 12.8 Å². The molecule has 34 heavy (non-hydrogen) atoms. The zero-order valence-corrected chi connectivity index (χ0v) is 19.7. The van der Waals surface area contributed by atoms with Gasteiger partial charge in [-0.05, 0) is 38.8 Å². The summed E-state index contributed by atoms with van der Waals surface area (Å²) < 4.78 is 18.7. The second kappa shape index (κ2) is 8.92. The molecule has 1 aromatic carbocycles. The third kappa shape index (κ3) is 3.90. The summed E-state index contributed by atoms with van der Waals surface area (Å²) in [7, 11) is 0. The number of morpholine rings is 1. The van der Waals surface area contributed by atoms with Gasteiger partial charge in [0.1, 0.15) is 6.33 Å². The third-order valence-corrected chi connectivity index (χ3v) is 6.92. The average Bonchev–Trinajstić information content (AvgIpc) is 3.50. The monoisotopic (exact) mass is 465 g/mol. The van der Waals surface area contributed by atoms with Crippen LogP contribution in [0.25, 0.3) is 11.2 Å². The van der Waals surface area contributed by atoms with E-state index >= 15 is 0 Å². The molecular weight excluding hydrogens is 434 g/mol. The van der Waals surface area contributed by atoms with Gasteiger partial charge in [-0.25, -0.2) is 15.0 Å². The van der Waals surface area contributed by atoms with Crippen molar-refractivity contribution in [3.8, 4) is 11.5 Å². The first-order valence-electron chi connectivity index (χ1n) is 12.1. The van der Waals surface area contributed by atoms with E-state index in [2.05, 4.69) is 43.5 Å². The molecule has 0 spiro atoms. The van der Waals surface area contributed by atoms with Gasteiger partial charge in [0.25, 0.3) is 0 Å². The van der Waals surface area contributed by atoms with E-state index in [1.807, 2.05) is 18.2 Å². The van der Waals surface area contributed by atoms with E-state index in [0.29, 0.717) is 11.9 Å². The van der Waals surface area contributed by atoms with Gasteiger partial charge in [0.15, 0.2) is 28.5 Å². The van der Waals surface area contributed by atoms with Crippen LogP contribution in [0.2, 0.25) is 0 Å². The molecule has 2 aromatic heterocycles. The van der Waals surface area contributed by atoms with Crippen LogP contribution in [0.3, 0.4) is 0 Å². The topological polar surface area (TPSA) is 89.8 Å². The first-order valence-corrected chi connectivity index (χ1v) is 12.1. The predicted molar refractivity (Wildman–Crippen MR) is 129 cm³/mol. The normalized spacial score (nSPS) is 19.3.